The summed E-state index contributed by atoms with van der Waals surface area (Å²) in [7, 11) is 3.69. The van der Waals surface area contributed by atoms with E-state index < -0.39 is 0 Å². The van der Waals surface area contributed by atoms with E-state index in [-0.39, 0.29) is 6.04 Å². The molecule has 1 aromatic heterocycles. The van der Waals surface area contributed by atoms with Gasteiger partial charge in [-0.25, -0.2) is 0 Å². The maximum absolute atomic E-state index is 13.0. The molecule has 5 rings (SSSR count). The number of nitrogens with zero attached hydrogens (tertiary/aromatic N) is 4. The average molecular weight is 409 g/mol. The van der Waals surface area contributed by atoms with E-state index in [0.29, 0.717) is 30.2 Å². The Kier molecular flexibility index (Phi) is 5.27. The van der Waals surface area contributed by atoms with Gasteiger partial charge in [-0.3, -0.25) is 14.4 Å². The maximum Gasteiger partial charge on any atom is 0.223 e. The van der Waals surface area contributed by atoms with Crippen LogP contribution in [0.25, 0.3) is 0 Å². The summed E-state index contributed by atoms with van der Waals surface area (Å²) >= 11 is 0. The van der Waals surface area contributed by atoms with Crippen LogP contribution >= 0.6 is 0 Å². The molecule has 6 nitrogen and oxygen atoms in total. The van der Waals surface area contributed by atoms with E-state index in [1.54, 1.807) is 7.11 Å². The van der Waals surface area contributed by atoms with Crippen LogP contribution in [0.2, 0.25) is 0 Å². The zero-order valence-electron chi connectivity index (χ0n) is 18.0. The summed E-state index contributed by atoms with van der Waals surface area (Å²) in [6.07, 6.45) is 9.16. The van der Waals surface area contributed by atoms with E-state index in [4.69, 9.17) is 4.74 Å². The molecule has 2 aromatic rings. The monoisotopic (exact) mass is 408 g/mol. The van der Waals surface area contributed by atoms with Crippen molar-refractivity contribution in [3.63, 3.8) is 0 Å². The third kappa shape index (κ3) is 3.73. The summed E-state index contributed by atoms with van der Waals surface area (Å²) in [5.41, 5.74) is 2.54. The van der Waals surface area contributed by atoms with Gasteiger partial charge in [-0.2, -0.15) is 5.10 Å². The lowest BCUT2D eigenvalue weighted by Crippen LogP contribution is -2.65. The first-order valence-electron chi connectivity index (χ1n) is 11.2. The fourth-order valence-corrected chi connectivity index (χ4v) is 6.12. The van der Waals surface area contributed by atoms with E-state index >= 15 is 0 Å². The van der Waals surface area contributed by atoms with Gasteiger partial charge in [-0.05, 0) is 55.2 Å². The van der Waals surface area contributed by atoms with Gasteiger partial charge in [0.2, 0.25) is 5.91 Å². The largest absolute Gasteiger partial charge is 0.497 e. The number of methoxy groups -OCH3 is 1. The SMILES string of the molecule is COc1cccc(C[C@H]2[C@H]3C[C@H](CN(Cc4cnn(C)c4)C3)[C@@H]3CCCC(=O)N32)c1. The number of benzene rings is 1. The van der Waals surface area contributed by atoms with Crippen molar-refractivity contribution in [3.8, 4) is 5.75 Å². The Morgan fingerprint density at radius 1 is 1.20 bits per heavy atom. The van der Waals surface area contributed by atoms with E-state index in [1.807, 2.05) is 24.0 Å². The standard InChI is InChI=1S/C24H32N4O2/c1-26-13-18(12-25-26)14-27-15-19-11-20(16-27)23(28-22(19)7-4-8-24(28)29)10-17-5-3-6-21(9-17)30-2/h3,5-6,9,12-13,19-20,22-23H,4,7-8,10-11,14-16H2,1-2H3/t19-,20+,22+,23+/m1/s1. The molecule has 6 heteroatoms. The Hall–Kier alpha value is -2.34. The third-order valence-electron chi connectivity index (χ3n) is 7.32. The molecule has 2 bridgehead atoms. The van der Waals surface area contributed by atoms with Crippen LogP contribution < -0.4 is 4.74 Å². The molecule has 4 atom stereocenters. The first-order valence-corrected chi connectivity index (χ1v) is 11.2. The molecular weight excluding hydrogens is 376 g/mol. The van der Waals surface area contributed by atoms with Crippen molar-refractivity contribution in [2.45, 2.75) is 50.7 Å². The van der Waals surface area contributed by atoms with Crippen molar-refractivity contribution in [1.29, 1.82) is 0 Å². The van der Waals surface area contributed by atoms with Crippen molar-refractivity contribution < 1.29 is 9.53 Å². The lowest BCUT2D eigenvalue weighted by atomic mass is 9.70. The van der Waals surface area contributed by atoms with Gasteiger partial charge < -0.3 is 9.64 Å². The van der Waals surface area contributed by atoms with Gasteiger partial charge in [0.15, 0.2) is 0 Å². The molecule has 0 radical (unpaired) electrons. The van der Waals surface area contributed by atoms with Crippen molar-refractivity contribution in [2.75, 3.05) is 20.2 Å². The fraction of sp³-hybridized carbons (Fsp3) is 0.583. The minimum atomic E-state index is 0.280. The van der Waals surface area contributed by atoms with Gasteiger partial charge in [0.1, 0.15) is 5.75 Å². The van der Waals surface area contributed by atoms with Crippen LogP contribution in [0.4, 0.5) is 0 Å². The summed E-state index contributed by atoms with van der Waals surface area (Å²) in [6, 6.07) is 9.04. The van der Waals surface area contributed by atoms with Crippen molar-refractivity contribution in [3.05, 3.63) is 47.8 Å². The number of carbonyl (C=O) groups excluding carboxylic acids is 1. The number of hydrogen-bond donors (Lipinski definition) is 0. The first-order chi connectivity index (χ1) is 14.6. The van der Waals surface area contributed by atoms with Crippen molar-refractivity contribution in [1.82, 2.24) is 19.6 Å². The minimum absolute atomic E-state index is 0.280. The summed E-state index contributed by atoms with van der Waals surface area (Å²) in [6.45, 7) is 3.09. The number of likely N-dealkylation sites (tertiary alicyclic amines) is 1. The number of carbonyl (C=O) groups is 1. The Labute approximate surface area is 178 Å². The van der Waals surface area contributed by atoms with Gasteiger partial charge >= 0.3 is 0 Å². The second-order valence-corrected chi connectivity index (χ2v) is 9.36. The molecule has 1 amide bonds. The number of piperidine rings is 3. The molecule has 1 aromatic carbocycles. The quantitative estimate of drug-likeness (QED) is 0.763. The first kappa shape index (κ1) is 19.6. The molecule has 3 aliphatic rings. The van der Waals surface area contributed by atoms with E-state index in [1.165, 1.54) is 17.5 Å². The fourth-order valence-electron chi connectivity index (χ4n) is 6.12. The van der Waals surface area contributed by atoms with Crippen LogP contribution in [-0.2, 0) is 24.8 Å². The Bertz CT molecular complexity index is 910. The number of fused-ring (bicyclic) bond motifs is 4. The topological polar surface area (TPSA) is 50.6 Å². The summed E-state index contributed by atoms with van der Waals surface area (Å²) < 4.78 is 7.32. The zero-order chi connectivity index (χ0) is 20.7. The molecule has 0 saturated carbocycles. The highest BCUT2D eigenvalue weighted by molar-refractivity contribution is 5.78. The van der Waals surface area contributed by atoms with E-state index in [0.717, 1.165) is 44.6 Å². The van der Waals surface area contributed by atoms with Crippen LogP contribution in [0.5, 0.6) is 5.75 Å². The Morgan fingerprint density at radius 2 is 2.07 bits per heavy atom. The highest BCUT2D eigenvalue weighted by Gasteiger charge is 2.49. The summed E-state index contributed by atoms with van der Waals surface area (Å²) in [5, 5.41) is 4.34. The molecule has 0 aliphatic carbocycles. The second-order valence-electron chi connectivity index (χ2n) is 9.36. The van der Waals surface area contributed by atoms with Gasteiger partial charge in [0.25, 0.3) is 0 Å². The predicted octanol–water partition coefficient (Wildman–Crippen LogP) is 2.87. The summed E-state index contributed by atoms with van der Waals surface area (Å²) in [4.78, 5) is 17.9. The van der Waals surface area contributed by atoms with Gasteiger partial charge in [0.05, 0.1) is 13.3 Å². The number of ether oxygens (including phenoxy) is 1. The predicted molar refractivity (Wildman–Crippen MR) is 115 cm³/mol. The normalized spacial score (nSPS) is 29.0. The molecular formula is C24H32N4O2. The number of rotatable bonds is 5. The summed E-state index contributed by atoms with van der Waals surface area (Å²) in [5.74, 6) is 2.37. The molecule has 0 spiro atoms. The van der Waals surface area contributed by atoms with Crippen LogP contribution in [0.3, 0.4) is 0 Å². The number of amides is 1. The lowest BCUT2D eigenvalue weighted by molar-refractivity contribution is -0.152. The Balaban J connectivity index is 1.40. The third-order valence-corrected chi connectivity index (χ3v) is 7.32. The van der Waals surface area contributed by atoms with Gasteiger partial charge in [0, 0.05) is 56.9 Å². The average Bonchev–Trinajstić information content (AvgIpc) is 3.16. The Morgan fingerprint density at radius 3 is 2.87 bits per heavy atom. The molecule has 160 valence electrons. The maximum atomic E-state index is 13.0. The number of aryl methyl sites for hydroxylation is 1. The van der Waals surface area contributed by atoms with Crippen LogP contribution in [-0.4, -0.2) is 57.8 Å². The number of hydrogen-bond acceptors (Lipinski definition) is 4. The van der Waals surface area contributed by atoms with Gasteiger partial charge in [-0.1, -0.05) is 12.1 Å². The smallest absolute Gasteiger partial charge is 0.223 e. The molecule has 3 aliphatic heterocycles. The van der Waals surface area contributed by atoms with Gasteiger partial charge in [-0.15, -0.1) is 0 Å². The highest BCUT2D eigenvalue weighted by Crippen LogP contribution is 2.43. The molecule has 3 saturated heterocycles. The minimum Gasteiger partial charge on any atom is -0.497 e. The van der Waals surface area contributed by atoms with Crippen molar-refractivity contribution in [2.24, 2.45) is 18.9 Å². The van der Waals surface area contributed by atoms with Crippen LogP contribution in [0, 0.1) is 11.8 Å². The molecule has 4 heterocycles. The number of aromatic nitrogens is 2. The van der Waals surface area contributed by atoms with Crippen LogP contribution in [0.15, 0.2) is 36.7 Å². The zero-order valence-corrected chi connectivity index (χ0v) is 18.0. The van der Waals surface area contributed by atoms with Crippen LogP contribution in [0.1, 0.15) is 36.8 Å². The van der Waals surface area contributed by atoms with Crippen molar-refractivity contribution >= 4 is 5.91 Å². The molecule has 0 N–H and O–H groups in total. The van der Waals surface area contributed by atoms with E-state index in [9.17, 15) is 4.79 Å². The highest BCUT2D eigenvalue weighted by atomic mass is 16.5. The molecule has 3 fully saturated rings. The lowest BCUT2D eigenvalue weighted by Gasteiger charge is -2.56. The second kappa shape index (κ2) is 8.06. The molecule has 30 heavy (non-hydrogen) atoms. The molecule has 0 unspecified atom stereocenters. The van der Waals surface area contributed by atoms with E-state index in [2.05, 4.69) is 39.3 Å².